The number of ether oxygens (including phenoxy) is 4. The number of hydrazone groups is 1. The maximum atomic E-state index is 12.6. The van der Waals surface area contributed by atoms with Crippen molar-refractivity contribution in [2.75, 3.05) is 34.2 Å². The first-order valence-corrected chi connectivity index (χ1v) is 12.5. The number of aromatic nitrogens is 3. The normalized spacial score (nSPS) is 10.8. The van der Waals surface area contributed by atoms with Crippen molar-refractivity contribution in [3.8, 4) is 40.1 Å². The van der Waals surface area contributed by atoms with Crippen molar-refractivity contribution in [2.45, 2.75) is 5.16 Å². The van der Waals surface area contributed by atoms with E-state index in [1.54, 1.807) is 26.4 Å². The lowest BCUT2D eigenvalue weighted by atomic mass is 10.2. The average molecular weight is 534 g/mol. The SMILES string of the molecule is COc1ccc(-n2c(SCC(=O)NN=Cc3cc(OC)c(OC)cc3OC)nnc2-c2ccccc2)cc1. The summed E-state index contributed by atoms with van der Waals surface area (Å²) < 4.78 is 23.2. The number of nitrogens with one attached hydrogen (secondary N) is 1. The number of rotatable bonds is 11. The molecule has 1 aromatic heterocycles. The Morgan fingerprint density at radius 2 is 1.58 bits per heavy atom. The molecule has 0 bridgehead atoms. The fourth-order valence-corrected chi connectivity index (χ4v) is 4.34. The van der Waals surface area contributed by atoms with Crippen molar-refractivity contribution < 1.29 is 23.7 Å². The van der Waals surface area contributed by atoms with Crippen molar-refractivity contribution in [3.63, 3.8) is 0 Å². The van der Waals surface area contributed by atoms with Gasteiger partial charge in [0.2, 0.25) is 0 Å². The van der Waals surface area contributed by atoms with E-state index in [0.717, 1.165) is 17.0 Å². The van der Waals surface area contributed by atoms with Crippen LogP contribution >= 0.6 is 11.8 Å². The number of hydrogen-bond acceptors (Lipinski definition) is 9. The van der Waals surface area contributed by atoms with E-state index in [4.69, 9.17) is 18.9 Å². The van der Waals surface area contributed by atoms with E-state index in [2.05, 4.69) is 20.7 Å². The number of carbonyl (C=O) groups is 1. The van der Waals surface area contributed by atoms with Crippen molar-refractivity contribution in [1.29, 1.82) is 0 Å². The molecule has 0 spiro atoms. The third kappa shape index (κ3) is 6.06. The number of amides is 1. The van der Waals surface area contributed by atoms with E-state index in [9.17, 15) is 4.79 Å². The Balaban J connectivity index is 1.50. The Morgan fingerprint density at radius 1 is 0.895 bits per heavy atom. The van der Waals surface area contributed by atoms with Crippen LogP contribution in [0.4, 0.5) is 0 Å². The molecule has 0 radical (unpaired) electrons. The molecule has 1 amide bonds. The molecule has 1 heterocycles. The Hall–Kier alpha value is -4.51. The molecule has 0 unspecified atom stereocenters. The molecule has 4 aromatic rings. The Bertz CT molecular complexity index is 1410. The highest BCUT2D eigenvalue weighted by Crippen LogP contribution is 2.34. The van der Waals surface area contributed by atoms with Crippen LogP contribution in [0.25, 0.3) is 17.1 Å². The van der Waals surface area contributed by atoms with Gasteiger partial charge in [0.1, 0.15) is 11.5 Å². The second-order valence-electron chi connectivity index (χ2n) is 7.74. The highest BCUT2D eigenvalue weighted by atomic mass is 32.2. The van der Waals surface area contributed by atoms with Crippen molar-refractivity contribution >= 4 is 23.9 Å². The van der Waals surface area contributed by atoms with Crippen molar-refractivity contribution in [2.24, 2.45) is 5.10 Å². The monoisotopic (exact) mass is 533 g/mol. The van der Waals surface area contributed by atoms with Crippen LogP contribution < -0.4 is 24.4 Å². The Morgan fingerprint density at radius 3 is 2.24 bits per heavy atom. The summed E-state index contributed by atoms with van der Waals surface area (Å²) in [5, 5.41) is 13.4. The molecule has 0 saturated heterocycles. The third-order valence-corrected chi connectivity index (χ3v) is 6.39. The van der Waals surface area contributed by atoms with Crippen molar-refractivity contribution in [3.05, 3.63) is 72.3 Å². The number of nitrogens with zero attached hydrogens (tertiary/aromatic N) is 4. The summed E-state index contributed by atoms with van der Waals surface area (Å²) in [6.07, 6.45) is 1.48. The molecular weight excluding hydrogens is 506 g/mol. The highest BCUT2D eigenvalue weighted by molar-refractivity contribution is 7.99. The first-order chi connectivity index (χ1) is 18.6. The van der Waals surface area contributed by atoms with E-state index in [-0.39, 0.29) is 11.7 Å². The summed E-state index contributed by atoms with van der Waals surface area (Å²) >= 11 is 1.25. The van der Waals surface area contributed by atoms with Crippen LogP contribution in [0.5, 0.6) is 23.0 Å². The van der Waals surface area contributed by atoms with E-state index in [0.29, 0.717) is 33.8 Å². The predicted octanol–water partition coefficient (Wildman–Crippen LogP) is 4.21. The van der Waals surface area contributed by atoms with E-state index < -0.39 is 0 Å². The maximum absolute atomic E-state index is 12.6. The lowest BCUT2D eigenvalue weighted by Gasteiger charge is -2.12. The van der Waals surface area contributed by atoms with Crippen LogP contribution in [-0.4, -0.2) is 61.1 Å². The molecule has 1 N–H and O–H groups in total. The minimum Gasteiger partial charge on any atom is -0.497 e. The number of methoxy groups -OCH3 is 4. The lowest BCUT2D eigenvalue weighted by molar-refractivity contribution is -0.118. The summed E-state index contributed by atoms with van der Waals surface area (Å²) in [7, 11) is 6.24. The van der Waals surface area contributed by atoms with Gasteiger partial charge >= 0.3 is 0 Å². The zero-order valence-electron chi connectivity index (χ0n) is 21.4. The first kappa shape index (κ1) is 26.6. The van der Waals surface area contributed by atoms with Crippen LogP contribution in [0.3, 0.4) is 0 Å². The predicted molar refractivity (Wildman–Crippen MR) is 146 cm³/mol. The number of benzene rings is 3. The van der Waals surface area contributed by atoms with Crippen LogP contribution in [0.2, 0.25) is 0 Å². The molecular formula is C27H27N5O5S. The summed E-state index contributed by atoms with van der Waals surface area (Å²) in [5.74, 6) is 2.73. The minimum absolute atomic E-state index is 0.0729. The second kappa shape index (κ2) is 12.6. The van der Waals surface area contributed by atoms with Gasteiger partial charge in [0, 0.05) is 22.9 Å². The molecule has 0 aliphatic rings. The molecule has 0 saturated carbocycles. The van der Waals surface area contributed by atoms with Gasteiger partial charge in [-0.05, 0) is 30.3 Å². The van der Waals surface area contributed by atoms with Crippen molar-refractivity contribution in [1.82, 2.24) is 20.2 Å². The van der Waals surface area contributed by atoms with E-state index in [1.807, 2.05) is 59.2 Å². The van der Waals surface area contributed by atoms with Crippen LogP contribution in [0.1, 0.15) is 5.56 Å². The molecule has 0 fully saturated rings. The Labute approximate surface area is 224 Å². The zero-order valence-corrected chi connectivity index (χ0v) is 22.2. The van der Waals surface area contributed by atoms with Crippen LogP contribution in [0, 0.1) is 0 Å². The summed E-state index contributed by atoms with van der Waals surface area (Å²) in [4.78, 5) is 12.6. The fourth-order valence-electron chi connectivity index (χ4n) is 3.59. The molecule has 196 valence electrons. The number of carbonyl (C=O) groups excluding carboxylic acids is 1. The van der Waals surface area contributed by atoms with E-state index >= 15 is 0 Å². The van der Waals surface area contributed by atoms with Gasteiger partial charge in [0.25, 0.3) is 5.91 Å². The summed E-state index contributed by atoms with van der Waals surface area (Å²) in [6, 6.07) is 20.7. The van der Waals surface area contributed by atoms with Gasteiger partial charge < -0.3 is 18.9 Å². The first-order valence-electron chi connectivity index (χ1n) is 11.5. The third-order valence-electron chi connectivity index (χ3n) is 5.46. The number of thioether (sulfide) groups is 1. The van der Waals surface area contributed by atoms with Crippen LogP contribution in [-0.2, 0) is 4.79 Å². The zero-order chi connectivity index (χ0) is 26.9. The minimum atomic E-state index is -0.309. The molecule has 0 aliphatic carbocycles. The van der Waals surface area contributed by atoms with Gasteiger partial charge in [-0.15, -0.1) is 10.2 Å². The quantitative estimate of drug-likeness (QED) is 0.174. The largest absolute Gasteiger partial charge is 0.497 e. The van der Waals surface area contributed by atoms with Gasteiger partial charge in [-0.3, -0.25) is 9.36 Å². The Kier molecular flexibility index (Phi) is 8.83. The van der Waals surface area contributed by atoms with E-state index in [1.165, 1.54) is 32.2 Å². The van der Waals surface area contributed by atoms with Gasteiger partial charge in [-0.2, -0.15) is 5.10 Å². The average Bonchev–Trinajstić information content (AvgIpc) is 3.40. The fraction of sp³-hybridized carbons (Fsp3) is 0.185. The lowest BCUT2D eigenvalue weighted by Crippen LogP contribution is -2.20. The smallest absolute Gasteiger partial charge is 0.250 e. The summed E-state index contributed by atoms with van der Waals surface area (Å²) in [5.41, 5.74) is 4.90. The summed E-state index contributed by atoms with van der Waals surface area (Å²) in [6.45, 7) is 0. The molecule has 4 rings (SSSR count). The molecule has 11 heteroatoms. The molecule has 10 nitrogen and oxygen atoms in total. The topological polar surface area (TPSA) is 109 Å². The molecule has 38 heavy (non-hydrogen) atoms. The second-order valence-corrected chi connectivity index (χ2v) is 8.68. The van der Waals surface area contributed by atoms with Gasteiger partial charge in [-0.1, -0.05) is 42.1 Å². The highest BCUT2D eigenvalue weighted by Gasteiger charge is 2.17. The van der Waals surface area contributed by atoms with Gasteiger partial charge in [-0.25, -0.2) is 5.43 Å². The van der Waals surface area contributed by atoms with Gasteiger partial charge in [0.05, 0.1) is 40.4 Å². The number of hydrogen-bond donors (Lipinski definition) is 1. The standard InChI is InChI=1S/C27H27N5O5S/c1-34-21-12-10-20(11-13-21)32-26(18-8-6-5-7-9-18)30-31-27(32)38-17-25(33)29-28-16-19-14-23(36-3)24(37-4)15-22(19)35-2/h5-16H,17H2,1-4H3,(H,29,33). The van der Waals surface area contributed by atoms with Crippen LogP contribution in [0.15, 0.2) is 77.0 Å². The maximum Gasteiger partial charge on any atom is 0.250 e. The molecule has 3 aromatic carbocycles. The van der Waals surface area contributed by atoms with Gasteiger partial charge in [0.15, 0.2) is 22.5 Å². The molecule has 0 aliphatic heterocycles. The molecule has 0 atom stereocenters.